The summed E-state index contributed by atoms with van der Waals surface area (Å²) in [5, 5.41) is 10.1. The third kappa shape index (κ3) is 3.48. The molecule has 0 aliphatic heterocycles. The monoisotopic (exact) mass is 257 g/mol. The molecule has 1 atom stereocenters. The number of rotatable bonds is 5. The molecule has 2 rings (SSSR count). The van der Waals surface area contributed by atoms with E-state index in [-0.39, 0.29) is 6.61 Å². The molecule has 0 aromatic heterocycles. The van der Waals surface area contributed by atoms with Crippen LogP contribution in [0.5, 0.6) is 5.75 Å². The number of aryl methyl sites for hydroxylation is 1. The first kappa shape index (κ1) is 13.4. The molecular weight excluding hydrogens is 238 g/mol. The quantitative estimate of drug-likeness (QED) is 0.810. The molecule has 3 N–H and O–H groups in total. The molecule has 0 heterocycles. The zero-order valence-corrected chi connectivity index (χ0v) is 11.0. The Bertz CT molecular complexity index is 540. The zero-order chi connectivity index (χ0) is 13.7. The highest BCUT2D eigenvalue weighted by Crippen LogP contribution is 2.21. The topological polar surface area (TPSA) is 55.5 Å². The van der Waals surface area contributed by atoms with Crippen LogP contribution in [0.4, 0.5) is 5.69 Å². The van der Waals surface area contributed by atoms with E-state index in [2.05, 4.69) is 13.0 Å². The maximum Gasteiger partial charge on any atom is 0.119 e. The van der Waals surface area contributed by atoms with Gasteiger partial charge in [0, 0.05) is 11.3 Å². The summed E-state index contributed by atoms with van der Waals surface area (Å²) in [5.41, 5.74) is 8.32. The molecule has 0 amide bonds. The lowest BCUT2D eigenvalue weighted by molar-refractivity contribution is 0.109. The number of hydrogen-bond donors (Lipinski definition) is 2. The van der Waals surface area contributed by atoms with Crippen LogP contribution in [0.15, 0.2) is 48.5 Å². The van der Waals surface area contributed by atoms with Gasteiger partial charge in [0.25, 0.3) is 0 Å². The van der Waals surface area contributed by atoms with Crippen molar-refractivity contribution in [1.29, 1.82) is 0 Å². The van der Waals surface area contributed by atoms with Gasteiger partial charge in [-0.3, -0.25) is 0 Å². The Hall–Kier alpha value is -2.00. The van der Waals surface area contributed by atoms with Gasteiger partial charge in [0.05, 0.1) is 0 Å². The fraction of sp³-hybridized carbons (Fsp3) is 0.250. The minimum absolute atomic E-state index is 0.196. The molecule has 0 spiro atoms. The Kier molecular flexibility index (Phi) is 4.42. The van der Waals surface area contributed by atoms with Crippen molar-refractivity contribution < 1.29 is 9.84 Å². The van der Waals surface area contributed by atoms with Crippen molar-refractivity contribution >= 4 is 5.69 Å². The van der Waals surface area contributed by atoms with Gasteiger partial charge in [-0.25, -0.2) is 0 Å². The molecule has 2 aromatic carbocycles. The molecule has 0 saturated heterocycles. The van der Waals surface area contributed by atoms with Gasteiger partial charge in [0.15, 0.2) is 0 Å². The van der Waals surface area contributed by atoms with Gasteiger partial charge in [-0.15, -0.1) is 0 Å². The van der Waals surface area contributed by atoms with Gasteiger partial charge in [0.1, 0.15) is 18.5 Å². The minimum atomic E-state index is -0.716. The average Bonchev–Trinajstić information content (AvgIpc) is 2.45. The van der Waals surface area contributed by atoms with Crippen molar-refractivity contribution in [3.63, 3.8) is 0 Å². The highest BCUT2D eigenvalue weighted by Gasteiger charge is 2.11. The van der Waals surface area contributed by atoms with Crippen molar-refractivity contribution in [3.8, 4) is 5.75 Å². The SMILES string of the molecule is CCc1cccc(OCC(O)c2ccccc2N)c1. The van der Waals surface area contributed by atoms with Crippen LogP contribution in [0.1, 0.15) is 24.2 Å². The molecule has 2 aromatic rings. The summed E-state index contributed by atoms with van der Waals surface area (Å²) in [6, 6.07) is 15.2. The van der Waals surface area contributed by atoms with Crippen LogP contribution in [0.25, 0.3) is 0 Å². The summed E-state index contributed by atoms with van der Waals surface area (Å²) in [7, 11) is 0. The number of anilines is 1. The third-order valence-corrected chi connectivity index (χ3v) is 3.07. The van der Waals surface area contributed by atoms with E-state index in [0.717, 1.165) is 12.2 Å². The molecule has 0 aliphatic carbocycles. The normalized spacial score (nSPS) is 12.1. The van der Waals surface area contributed by atoms with Gasteiger partial charge in [-0.05, 0) is 30.2 Å². The molecule has 0 bridgehead atoms. The van der Waals surface area contributed by atoms with E-state index in [1.165, 1.54) is 5.56 Å². The second-order valence-corrected chi connectivity index (χ2v) is 4.46. The van der Waals surface area contributed by atoms with Crippen LogP contribution < -0.4 is 10.5 Å². The first-order chi connectivity index (χ1) is 9.20. The lowest BCUT2D eigenvalue weighted by atomic mass is 10.1. The molecule has 1 unspecified atom stereocenters. The van der Waals surface area contributed by atoms with E-state index >= 15 is 0 Å². The second-order valence-electron chi connectivity index (χ2n) is 4.46. The average molecular weight is 257 g/mol. The summed E-state index contributed by atoms with van der Waals surface area (Å²) in [6.07, 6.45) is 0.247. The number of benzene rings is 2. The molecule has 3 nitrogen and oxygen atoms in total. The molecule has 0 aliphatic rings. The van der Waals surface area contributed by atoms with Crippen molar-refractivity contribution in [2.24, 2.45) is 0 Å². The van der Waals surface area contributed by atoms with Crippen LogP contribution in [-0.2, 0) is 6.42 Å². The first-order valence-electron chi connectivity index (χ1n) is 6.45. The molecule has 19 heavy (non-hydrogen) atoms. The number of ether oxygens (including phenoxy) is 1. The lowest BCUT2D eigenvalue weighted by Gasteiger charge is -2.14. The Balaban J connectivity index is 2.00. The van der Waals surface area contributed by atoms with Crippen molar-refractivity contribution in [1.82, 2.24) is 0 Å². The summed E-state index contributed by atoms with van der Waals surface area (Å²) in [4.78, 5) is 0. The van der Waals surface area contributed by atoms with Crippen molar-refractivity contribution in [3.05, 3.63) is 59.7 Å². The van der Waals surface area contributed by atoms with Crippen LogP contribution in [0, 0.1) is 0 Å². The fourth-order valence-corrected chi connectivity index (χ4v) is 1.93. The van der Waals surface area contributed by atoms with E-state index in [4.69, 9.17) is 10.5 Å². The lowest BCUT2D eigenvalue weighted by Crippen LogP contribution is -2.11. The van der Waals surface area contributed by atoms with Gasteiger partial charge >= 0.3 is 0 Å². The number of nitrogens with two attached hydrogens (primary N) is 1. The zero-order valence-electron chi connectivity index (χ0n) is 11.0. The minimum Gasteiger partial charge on any atom is -0.491 e. The Morgan fingerprint density at radius 1 is 1.16 bits per heavy atom. The molecule has 0 radical (unpaired) electrons. The molecule has 0 saturated carbocycles. The smallest absolute Gasteiger partial charge is 0.119 e. The third-order valence-electron chi connectivity index (χ3n) is 3.07. The Morgan fingerprint density at radius 3 is 2.68 bits per heavy atom. The summed E-state index contributed by atoms with van der Waals surface area (Å²) in [5.74, 6) is 0.771. The first-order valence-corrected chi connectivity index (χ1v) is 6.45. The highest BCUT2D eigenvalue weighted by atomic mass is 16.5. The van der Waals surface area contributed by atoms with E-state index < -0.39 is 6.10 Å². The molecule has 0 fully saturated rings. The molecule has 3 heteroatoms. The summed E-state index contributed by atoms with van der Waals surface area (Å²) < 4.78 is 5.61. The largest absolute Gasteiger partial charge is 0.491 e. The second kappa shape index (κ2) is 6.25. The van der Waals surface area contributed by atoms with E-state index in [9.17, 15) is 5.11 Å². The number of aliphatic hydroxyl groups excluding tert-OH is 1. The predicted molar refractivity (Wildman–Crippen MR) is 77.1 cm³/mol. The number of para-hydroxylation sites is 1. The standard InChI is InChI=1S/C16H19NO2/c1-2-12-6-5-7-13(10-12)19-11-16(18)14-8-3-4-9-15(14)17/h3-10,16,18H,2,11,17H2,1H3. The number of aliphatic hydroxyl groups is 1. The van der Waals surface area contributed by atoms with Crippen LogP contribution >= 0.6 is 0 Å². The highest BCUT2D eigenvalue weighted by molar-refractivity contribution is 5.47. The maximum absolute atomic E-state index is 10.1. The maximum atomic E-state index is 10.1. The van der Waals surface area contributed by atoms with Crippen LogP contribution in [0.2, 0.25) is 0 Å². The van der Waals surface area contributed by atoms with Crippen molar-refractivity contribution in [2.75, 3.05) is 12.3 Å². The number of nitrogen functional groups attached to an aromatic ring is 1. The van der Waals surface area contributed by atoms with Crippen LogP contribution in [0.3, 0.4) is 0 Å². The van der Waals surface area contributed by atoms with Gasteiger partial charge in [0.2, 0.25) is 0 Å². The van der Waals surface area contributed by atoms with Gasteiger partial charge in [-0.2, -0.15) is 0 Å². The Morgan fingerprint density at radius 2 is 1.95 bits per heavy atom. The van der Waals surface area contributed by atoms with E-state index in [1.54, 1.807) is 6.07 Å². The van der Waals surface area contributed by atoms with Crippen LogP contribution in [-0.4, -0.2) is 11.7 Å². The van der Waals surface area contributed by atoms with Gasteiger partial charge < -0.3 is 15.6 Å². The summed E-state index contributed by atoms with van der Waals surface area (Å²) in [6.45, 7) is 2.29. The Labute approximate surface area is 113 Å². The molecule has 100 valence electrons. The van der Waals surface area contributed by atoms with E-state index in [1.807, 2.05) is 36.4 Å². The predicted octanol–water partition coefficient (Wildman–Crippen LogP) is 2.94. The van der Waals surface area contributed by atoms with E-state index in [0.29, 0.717) is 11.3 Å². The summed E-state index contributed by atoms with van der Waals surface area (Å²) >= 11 is 0. The van der Waals surface area contributed by atoms with Gasteiger partial charge in [-0.1, -0.05) is 37.3 Å². The van der Waals surface area contributed by atoms with Crippen molar-refractivity contribution in [2.45, 2.75) is 19.4 Å². The molecular formula is C16H19NO2. The fourth-order valence-electron chi connectivity index (χ4n) is 1.93. The number of hydrogen-bond acceptors (Lipinski definition) is 3.